The van der Waals surface area contributed by atoms with Crippen molar-refractivity contribution >= 4 is 17.8 Å². The summed E-state index contributed by atoms with van der Waals surface area (Å²) in [6.07, 6.45) is 2.55. The minimum absolute atomic E-state index is 0.0566. The van der Waals surface area contributed by atoms with Gasteiger partial charge < -0.3 is 15.2 Å². The van der Waals surface area contributed by atoms with Crippen LogP contribution in [0.15, 0.2) is 11.6 Å². The minimum atomic E-state index is -1.23. The standard InChI is InChI=1S/C11H17NO5/c1-3-4-5-12-9(13)7-17-11(16)8(2)6-10(14)15/h6H,3-5,7H2,1-2H3,(H,12,13)(H,14,15)/b8-6+. The zero-order valence-corrected chi connectivity index (χ0v) is 9.99. The molecule has 0 atom stereocenters. The summed E-state index contributed by atoms with van der Waals surface area (Å²) in [5.74, 6) is -2.43. The first-order valence-corrected chi connectivity index (χ1v) is 5.32. The van der Waals surface area contributed by atoms with Crippen molar-refractivity contribution in [3.63, 3.8) is 0 Å². The van der Waals surface area contributed by atoms with Crippen molar-refractivity contribution in [1.29, 1.82) is 0 Å². The van der Waals surface area contributed by atoms with E-state index >= 15 is 0 Å². The van der Waals surface area contributed by atoms with Gasteiger partial charge in [0.2, 0.25) is 0 Å². The molecule has 0 heterocycles. The maximum Gasteiger partial charge on any atom is 0.334 e. The first-order chi connectivity index (χ1) is 7.97. The maximum atomic E-state index is 11.2. The second kappa shape index (κ2) is 8.32. The van der Waals surface area contributed by atoms with E-state index in [1.165, 1.54) is 6.92 Å². The van der Waals surface area contributed by atoms with Gasteiger partial charge in [-0.3, -0.25) is 4.79 Å². The Morgan fingerprint density at radius 2 is 2.00 bits per heavy atom. The molecule has 0 saturated heterocycles. The van der Waals surface area contributed by atoms with Gasteiger partial charge in [0.25, 0.3) is 5.91 Å². The Bertz CT molecular complexity index is 322. The number of esters is 1. The lowest BCUT2D eigenvalue weighted by Crippen LogP contribution is -2.29. The van der Waals surface area contributed by atoms with Crippen LogP contribution in [0.1, 0.15) is 26.7 Å². The number of ether oxygens (including phenoxy) is 1. The Morgan fingerprint density at radius 1 is 1.35 bits per heavy atom. The molecular formula is C11H17NO5. The highest BCUT2D eigenvalue weighted by Crippen LogP contribution is 1.96. The minimum Gasteiger partial charge on any atom is -0.478 e. The van der Waals surface area contributed by atoms with Gasteiger partial charge in [-0.15, -0.1) is 0 Å². The van der Waals surface area contributed by atoms with E-state index in [1.807, 2.05) is 6.92 Å². The van der Waals surface area contributed by atoms with Crippen LogP contribution in [0.2, 0.25) is 0 Å². The summed E-state index contributed by atoms with van der Waals surface area (Å²) in [5, 5.41) is 11.0. The highest BCUT2D eigenvalue weighted by atomic mass is 16.5. The van der Waals surface area contributed by atoms with E-state index in [1.54, 1.807) is 0 Å². The fourth-order valence-corrected chi connectivity index (χ4v) is 0.945. The number of carboxylic acid groups (broad SMARTS) is 1. The summed E-state index contributed by atoms with van der Waals surface area (Å²) in [5.41, 5.74) is -0.0566. The molecule has 0 aromatic heterocycles. The molecule has 2 N–H and O–H groups in total. The molecule has 0 radical (unpaired) electrons. The summed E-state index contributed by atoms with van der Waals surface area (Å²) in [7, 11) is 0. The molecule has 1 amide bonds. The highest BCUT2D eigenvalue weighted by Gasteiger charge is 2.10. The van der Waals surface area contributed by atoms with Crippen molar-refractivity contribution in [2.24, 2.45) is 0 Å². The number of unbranched alkanes of at least 4 members (excludes halogenated alkanes) is 1. The fraction of sp³-hybridized carbons (Fsp3) is 0.545. The number of amides is 1. The molecule has 0 unspecified atom stereocenters. The third-order valence-corrected chi connectivity index (χ3v) is 1.85. The number of carboxylic acids is 1. The molecule has 96 valence electrons. The average Bonchev–Trinajstić information content (AvgIpc) is 2.25. The first kappa shape index (κ1) is 15.2. The monoisotopic (exact) mass is 243 g/mol. The van der Waals surface area contributed by atoms with E-state index in [-0.39, 0.29) is 5.57 Å². The van der Waals surface area contributed by atoms with Crippen molar-refractivity contribution in [3.8, 4) is 0 Å². The molecule has 0 fully saturated rings. The summed E-state index contributed by atoms with van der Waals surface area (Å²) in [4.78, 5) is 32.6. The zero-order valence-electron chi connectivity index (χ0n) is 9.99. The van der Waals surface area contributed by atoms with Gasteiger partial charge in [0.15, 0.2) is 6.61 Å². The van der Waals surface area contributed by atoms with E-state index in [9.17, 15) is 14.4 Å². The fourth-order valence-electron chi connectivity index (χ4n) is 0.945. The van der Waals surface area contributed by atoms with Gasteiger partial charge in [-0.05, 0) is 13.3 Å². The van der Waals surface area contributed by atoms with Crippen molar-refractivity contribution < 1.29 is 24.2 Å². The molecule has 0 saturated carbocycles. The maximum absolute atomic E-state index is 11.2. The largest absolute Gasteiger partial charge is 0.478 e. The van der Waals surface area contributed by atoms with Crippen molar-refractivity contribution in [3.05, 3.63) is 11.6 Å². The lowest BCUT2D eigenvalue weighted by atomic mass is 10.3. The van der Waals surface area contributed by atoms with Gasteiger partial charge in [0, 0.05) is 18.2 Å². The third kappa shape index (κ3) is 8.01. The van der Waals surface area contributed by atoms with Crippen LogP contribution >= 0.6 is 0 Å². The lowest BCUT2D eigenvalue weighted by molar-refractivity contribution is -0.145. The second-order valence-electron chi connectivity index (χ2n) is 3.45. The zero-order chi connectivity index (χ0) is 13.3. The molecule has 0 aromatic carbocycles. The molecule has 0 aliphatic heterocycles. The number of aliphatic carboxylic acids is 1. The molecule has 17 heavy (non-hydrogen) atoms. The number of nitrogens with one attached hydrogen (secondary N) is 1. The molecule has 6 nitrogen and oxygen atoms in total. The average molecular weight is 243 g/mol. The Kier molecular flexibility index (Phi) is 7.41. The van der Waals surface area contributed by atoms with E-state index in [4.69, 9.17) is 5.11 Å². The SMILES string of the molecule is CCCCNC(=O)COC(=O)/C(C)=C/C(=O)O. The van der Waals surface area contributed by atoms with Gasteiger partial charge in [0.05, 0.1) is 0 Å². The summed E-state index contributed by atoms with van der Waals surface area (Å²) in [6, 6.07) is 0. The van der Waals surface area contributed by atoms with Crippen LogP contribution in [0.25, 0.3) is 0 Å². The van der Waals surface area contributed by atoms with Gasteiger partial charge in [-0.2, -0.15) is 0 Å². The highest BCUT2D eigenvalue weighted by molar-refractivity contribution is 5.96. The number of carbonyl (C=O) groups excluding carboxylic acids is 2. The number of hydrogen-bond donors (Lipinski definition) is 2. The quantitative estimate of drug-likeness (QED) is 0.385. The summed E-state index contributed by atoms with van der Waals surface area (Å²) < 4.78 is 4.61. The topological polar surface area (TPSA) is 92.7 Å². The molecule has 0 bridgehead atoms. The lowest BCUT2D eigenvalue weighted by Gasteiger charge is -2.05. The van der Waals surface area contributed by atoms with Gasteiger partial charge in [-0.1, -0.05) is 13.3 Å². The Hall–Kier alpha value is -1.85. The van der Waals surface area contributed by atoms with Crippen LogP contribution in [0, 0.1) is 0 Å². The molecule has 0 spiro atoms. The van der Waals surface area contributed by atoms with Crippen LogP contribution < -0.4 is 5.32 Å². The number of hydrogen-bond acceptors (Lipinski definition) is 4. The van der Waals surface area contributed by atoms with E-state index < -0.39 is 24.5 Å². The van der Waals surface area contributed by atoms with Crippen molar-refractivity contribution in [2.45, 2.75) is 26.7 Å². The van der Waals surface area contributed by atoms with Crippen LogP contribution in [0.3, 0.4) is 0 Å². The van der Waals surface area contributed by atoms with Crippen molar-refractivity contribution in [2.75, 3.05) is 13.2 Å². The molecule has 6 heteroatoms. The van der Waals surface area contributed by atoms with E-state index in [0.29, 0.717) is 6.54 Å². The van der Waals surface area contributed by atoms with E-state index in [2.05, 4.69) is 10.1 Å². The van der Waals surface area contributed by atoms with Crippen LogP contribution in [-0.2, 0) is 19.1 Å². The Balaban J connectivity index is 3.91. The first-order valence-electron chi connectivity index (χ1n) is 5.32. The van der Waals surface area contributed by atoms with Crippen LogP contribution in [0.4, 0.5) is 0 Å². The van der Waals surface area contributed by atoms with Crippen LogP contribution in [0.5, 0.6) is 0 Å². The molecule has 0 aliphatic rings. The predicted octanol–water partition coefficient (Wildman–Crippen LogP) is 0.477. The van der Waals surface area contributed by atoms with Crippen molar-refractivity contribution in [1.82, 2.24) is 5.32 Å². The molecular weight excluding hydrogens is 226 g/mol. The summed E-state index contributed by atoms with van der Waals surface area (Å²) in [6.45, 7) is 3.45. The number of rotatable bonds is 7. The normalized spacial score (nSPS) is 10.8. The Morgan fingerprint density at radius 3 is 2.53 bits per heavy atom. The van der Waals surface area contributed by atoms with Gasteiger partial charge in [-0.25, -0.2) is 9.59 Å². The molecule has 0 aromatic rings. The Labute approximate surface area is 99.6 Å². The number of carbonyl (C=O) groups is 3. The third-order valence-electron chi connectivity index (χ3n) is 1.85. The van der Waals surface area contributed by atoms with Gasteiger partial charge >= 0.3 is 11.9 Å². The smallest absolute Gasteiger partial charge is 0.334 e. The molecule has 0 rings (SSSR count). The van der Waals surface area contributed by atoms with Gasteiger partial charge in [0.1, 0.15) is 0 Å². The predicted molar refractivity (Wildman–Crippen MR) is 60.3 cm³/mol. The van der Waals surface area contributed by atoms with E-state index in [0.717, 1.165) is 18.9 Å². The van der Waals surface area contributed by atoms with Crippen LogP contribution in [-0.4, -0.2) is 36.1 Å². The summed E-state index contributed by atoms with van der Waals surface area (Å²) >= 11 is 0. The molecule has 0 aliphatic carbocycles. The second-order valence-corrected chi connectivity index (χ2v) is 3.45.